The number of aliphatic hydroxyl groups is 1. The smallest absolute Gasteiger partial charge is 0.264 e. The summed E-state index contributed by atoms with van der Waals surface area (Å²) in [4.78, 5) is 28.3. The first-order chi connectivity index (χ1) is 15.1. The van der Waals surface area contributed by atoms with Crippen LogP contribution < -0.4 is 4.90 Å². The molecule has 5 heteroatoms. The molecule has 0 aromatic heterocycles. The zero-order valence-corrected chi connectivity index (χ0v) is 19.5. The van der Waals surface area contributed by atoms with Crippen LogP contribution in [0.2, 0.25) is 5.02 Å². The quantitative estimate of drug-likeness (QED) is 0.519. The van der Waals surface area contributed by atoms with E-state index in [-0.39, 0.29) is 12.2 Å². The maximum absolute atomic E-state index is 13.5. The number of carbonyl (C=O) groups is 2. The highest BCUT2D eigenvalue weighted by molar-refractivity contribution is 6.31. The second-order valence-electron chi connectivity index (χ2n) is 8.75. The Morgan fingerprint density at radius 2 is 1.59 bits per heavy atom. The highest BCUT2D eigenvalue weighted by Gasteiger charge is 2.51. The van der Waals surface area contributed by atoms with Gasteiger partial charge in [0.05, 0.1) is 18.7 Å². The van der Waals surface area contributed by atoms with Crippen LogP contribution in [0.5, 0.6) is 0 Å². The Kier molecular flexibility index (Phi) is 5.70. The molecule has 3 aromatic carbocycles. The average molecular weight is 448 g/mol. The molecule has 0 bridgehead atoms. The van der Waals surface area contributed by atoms with E-state index in [0.29, 0.717) is 28.4 Å². The Balaban J connectivity index is 1.72. The molecule has 1 heterocycles. The minimum absolute atomic E-state index is 0.274. The number of anilines is 1. The second-order valence-corrected chi connectivity index (χ2v) is 9.19. The summed E-state index contributed by atoms with van der Waals surface area (Å²) in [5.74, 6) is -0.783. The molecule has 0 fully saturated rings. The van der Waals surface area contributed by atoms with E-state index in [9.17, 15) is 14.7 Å². The van der Waals surface area contributed by atoms with Gasteiger partial charge in [0.1, 0.15) is 0 Å². The van der Waals surface area contributed by atoms with Gasteiger partial charge < -0.3 is 10.0 Å². The third-order valence-corrected chi connectivity index (χ3v) is 6.55. The maximum atomic E-state index is 13.5. The minimum Gasteiger partial charge on any atom is -0.375 e. The monoisotopic (exact) mass is 447 g/mol. The summed E-state index contributed by atoms with van der Waals surface area (Å²) in [6.07, 6.45) is -0.340. The van der Waals surface area contributed by atoms with Gasteiger partial charge in [0.2, 0.25) is 0 Å². The van der Waals surface area contributed by atoms with Crippen LogP contribution in [-0.2, 0) is 16.9 Å². The van der Waals surface area contributed by atoms with Crippen molar-refractivity contribution in [1.29, 1.82) is 0 Å². The van der Waals surface area contributed by atoms with Crippen LogP contribution in [0.1, 0.15) is 50.2 Å². The summed E-state index contributed by atoms with van der Waals surface area (Å²) in [7, 11) is 0. The van der Waals surface area contributed by atoms with E-state index in [1.807, 2.05) is 64.1 Å². The van der Waals surface area contributed by atoms with E-state index in [0.717, 1.165) is 27.8 Å². The molecule has 0 saturated carbocycles. The van der Waals surface area contributed by atoms with Crippen LogP contribution in [0.3, 0.4) is 0 Å². The fourth-order valence-electron chi connectivity index (χ4n) is 4.32. The van der Waals surface area contributed by atoms with Crippen molar-refractivity contribution >= 4 is 29.0 Å². The molecule has 1 amide bonds. The standard InChI is InChI=1S/C27H26ClNO3/c1-16-5-7-20(8-6-16)15-29-24-10-9-21(28)13-23(24)27(32,26(29)31)14-25(30)22-12-18(3)17(2)11-19(22)4/h5-13,32H,14-15H2,1-4H3/t27-/m0/s1. The van der Waals surface area contributed by atoms with Crippen molar-refractivity contribution in [2.45, 2.75) is 46.3 Å². The molecule has 0 spiro atoms. The Morgan fingerprint density at radius 3 is 2.28 bits per heavy atom. The van der Waals surface area contributed by atoms with E-state index < -0.39 is 11.5 Å². The van der Waals surface area contributed by atoms with Crippen molar-refractivity contribution in [3.8, 4) is 0 Å². The van der Waals surface area contributed by atoms with E-state index >= 15 is 0 Å². The molecule has 0 saturated heterocycles. The first-order valence-electron chi connectivity index (χ1n) is 10.6. The number of rotatable bonds is 5. The first-order valence-corrected chi connectivity index (χ1v) is 11.0. The molecular formula is C27H26ClNO3. The van der Waals surface area contributed by atoms with Gasteiger partial charge in [-0.1, -0.05) is 47.5 Å². The number of Topliss-reactive ketones (excluding diaryl/α,β-unsaturated/α-hetero) is 1. The molecular weight excluding hydrogens is 422 g/mol. The van der Waals surface area contributed by atoms with Crippen molar-refractivity contribution in [3.05, 3.63) is 98.6 Å². The summed E-state index contributed by atoms with van der Waals surface area (Å²) in [5.41, 5.74) is 4.48. The SMILES string of the molecule is Cc1ccc(CN2C(=O)[C@](O)(CC(=O)c3cc(C)c(C)cc3C)c3cc(Cl)ccc32)cc1. The molecule has 1 aliphatic rings. The van der Waals surface area contributed by atoms with Crippen LogP contribution in [0.25, 0.3) is 0 Å². The van der Waals surface area contributed by atoms with E-state index in [4.69, 9.17) is 11.6 Å². The molecule has 32 heavy (non-hydrogen) atoms. The summed E-state index contributed by atoms with van der Waals surface area (Å²) in [6.45, 7) is 8.11. The number of hydrogen-bond acceptors (Lipinski definition) is 3. The number of nitrogens with zero attached hydrogens (tertiary/aromatic N) is 1. The van der Waals surface area contributed by atoms with E-state index in [1.165, 1.54) is 4.90 Å². The third kappa shape index (κ3) is 3.85. The Bertz CT molecular complexity index is 1230. The van der Waals surface area contributed by atoms with Crippen molar-refractivity contribution < 1.29 is 14.7 Å². The van der Waals surface area contributed by atoms with E-state index in [2.05, 4.69) is 0 Å². The lowest BCUT2D eigenvalue weighted by atomic mass is 9.86. The Labute approximate surface area is 193 Å². The lowest BCUT2D eigenvalue weighted by molar-refractivity contribution is -0.136. The zero-order chi connectivity index (χ0) is 23.2. The predicted molar refractivity (Wildman–Crippen MR) is 127 cm³/mol. The largest absolute Gasteiger partial charge is 0.375 e. The number of ketones is 1. The van der Waals surface area contributed by atoms with Gasteiger partial charge in [-0.25, -0.2) is 0 Å². The molecule has 1 aliphatic heterocycles. The van der Waals surface area contributed by atoms with Crippen molar-refractivity contribution in [3.63, 3.8) is 0 Å². The van der Waals surface area contributed by atoms with Gasteiger partial charge in [-0.05, 0) is 74.2 Å². The van der Waals surface area contributed by atoms with Crippen LogP contribution >= 0.6 is 11.6 Å². The molecule has 0 aliphatic carbocycles. The molecule has 164 valence electrons. The summed E-state index contributed by atoms with van der Waals surface area (Å²) in [6, 6.07) is 16.7. The number of amides is 1. The molecule has 4 nitrogen and oxygen atoms in total. The summed E-state index contributed by atoms with van der Waals surface area (Å²) in [5, 5.41) is 12.0. The Hall–Kier alpha value is -2.95. The first kappa shape index (κ1) is 22.3. The summed E-state index contributed by atoms with van der Waals surface area (Å²) >= 11 is 6.21. The number of halogens is 1. The summed E-state index contributed by atoms with van der Waals surface area (Å²) < 4.78 is 0. The lowest BCUT2D eigenvalue weighted by Gasteiger charge is -2.23. The normalized spacial score (nSPS) is 17.6. The van der Waals surface area contributed by atoms with Gasteiger partial charge in [-0.15, -0.1) is 0 Å². The zero-order valence-electron chi connectivity index (χ0n) is 18.7. The van der Waals surface area contributed by atoms with Gasteiger partial charge in [0.15, 0.2) is 11.4 Å². The number of aryl methyl sites for hydroxylation is 4. The number of carbonyl (C=O) groups excluding carboxylic acids is 2. The minimum atomic E-state index is -1.97. The fraction of sp³-hybridized carbons (Fsp3) is 0.259. The van der Waals surface area contributed by atoms with Crippen LogP contribution in [-0.4, -0.2) is 16.8 Å². The van der Waals surface area contributed by atoms with Gasteiger partial charge in [-0.2, -0.15) is 0 Å². The second kappa shape index (κ2) is 8.19. The predicted octanol–water partition coefficient (Wildman–Crippen LogP) is 5.58. The Morgan fingerprint density at radius 1 is 0.938 bits per heavy atom. The topological polar surface area (TPSA) is 57.6 Å². The fourth-order valence-corrected chi connectivity index (χ4v) is 4.49. The molecule has 1 N–H and O–H groups in total. The van der Waals surface area contributed by atoms with Crippen LogP contribution in [0.15, 0.2) is 54.6 Å². The third-order valence-electron chi connectivity index (χ3n) is 6.31. The van der Waals surface area contributed by atoms with Crippen molar-refractivity contribution in [2.24, 2.45) is 0 Å². The van der Waals surface area contributed by atoms with Gasteiger partial charge >= 0.3 is 0 Å². The van der Waals surface area contributed by atoms with Gasteiger partial charge in [0.25, 0.3) is 5.91 Å². The van der Waals surface area contributed by atoms with Crippen molar-refractivity contribution in [1.82, 2.24) is 0 Å². The highest BCUT2D eigenvalue weighted by atomic mass is 35.5. The maximum Gasteiger partial charge on any atom is 0.264 e. The molecule has 1 atom stereocenters. The molecule has 0 unspecified atom stereocenters. The number of hydrogen-bond donors (Lipinski definition) is 1. The molecule has 4 rings (SSSR count). The average Bonchev–Trinajstić information content (AvgIpc) is 2.93. The highest BCUT2D eigenvalue weighted by Crippen LogP contribution is 2.45. The van der Waals surface area contributed by atoms with Crippen LogP contribution in [0, 0.1) is 27.7 Å². The van der Waals surface area contributed by atoms with Gasteiger partial charge in [-0.3, -0.25) is 9.59 Å². The van der Waals surface area contributed by atoms with E-state index in [1.54, 1.807) is 18.2 Å². The number of fused-ring (bicyclic) bond motifs is 1. The number of benzene rings is 3. The molecule has 0 radical (unpaired) electrons. The lowest BCUT2D eigenvalue weighted by Crippen LogP contribution is -2.41. The van der Waals surface area contributed by atoms with Crippen LogP contribution in [0.4, 0.5) is 5.69 Å². The van der Waals surface area contributed by atoms with Crippen molar-refractivity contribution in [2.75, 3.05) is 4.90 Å². The molecule has 3 aromatic rings. The van der Waals surface area contributed by atoms with Gasteiger partial charge in [0, 0.05) is 16.1 Å².